The minimum atomic E-state index is -0.175. The molecular weight excluding hydrogens is 264 g/mol. The molecule has 2 heterocycles. The molecule has 3 rings (SSSR count). The van der Waals surface area contributed by atoms with Crippen LogP contribution in [-0.2, 0) is 14.3 Å². The second-order valence-electron chi connectivity index (χ2n) is 8.56. The molecule has 0 unspecified atom stereocenters. The number of carbonyl (C=O) groups is 1. The number of hydrogen-bond donors (Lipinski definition) is 0. The fraction of sp³-hybridized carbons (Fsp3) is 0.944. The average Bonchev–Trinajstić information content (AvgIpc) is 2.81. The Balaban J connectivity index is 1.90. The Hall–Kier alpha value is -0.570. The zero-order valence-electron chi connectivity index (χ0n) is 14.3. The quantitative estimate of drug-likeness (QED) is 0.735. The van der Waals surface area contributed by atoms with E-state index in [9.17, 15) is 4.79 Å². The lowest BCUT2D eigenvalue weighted by Gasteiger charge is -2.54. The van der Waals surface area contributed by atoms with Crippen LogP contribution in [0.5, 0.6) is 0 Å². The summed E-state index contributed by atoms with van der Waals surface area (Å²) in [5, 5.41) is 0. The number of rotatable bonds is 3. The zero-order valence-corrected chi connectivity index (χ0v) is 14.3. The summed E-state index contributed by atoms with van der Waals surface area (Å²) in [6.45, 7) is 11.5. The maximum absolute atomic E-state index is 11.1. The molecule has 2 saturated heterocycles. The lowest BCUT2D eigenvalue weighted by Crippen LogP contribution is -2.55. The van der Waals surface area contributed by atoms with E-state index in [1.165, 1.54) is 32.6 Å². The van der Waals surface area contributed by atoms with Gasteiger partial charge in [-0.15, -0.1) is 0 Å². The van der Waals surface area contributed by atoms with Gasteiger partial charge in [-0.2, -0.15) is 0 Å². The van der Waals surface area contributed by atoms with Crippen molar-refractivity contribution >= 4 is 5.97 Å². The van der Waals surface area contributed by atoms with Crippen LogP contribution in [0, 0.1) is 16.7 Å². The monoisotopic (exact) mass is 294 g/mol. The maximum atomic E-state index is 11.1. The highest BCUT2D eigenvalue weighted by Crippen LogP contribution is 2.72. The smallest absolute Gasteiger partial charge is 0.302 e. The first-order valence-electron chi connectivity index (χ1n) is 8.50. The Bertz CT molecular complexity index is 457. The highest BCUT2D eigenvalue weighted by molar-refractivity contribution is 5.65. The molecule has 120 valence electrons. The van der Waals surface area contributed by atoms with Gasteiger partial charge in [-0.25, -0.2) is 0 Å². The number of hydrogen-bond acceptors (Lipinski definition) is 3. The molecule has 0 amide bonds. The van der Waals surface area contributed by atoms with Crippen molar-refractivity contribution in [2.45, 2.75) is 84.3 Å². The first kappa shape index (κ1) is 15.3. The SMILES string of the molecule is CC(=O)OCC[C@@]1(C)[C@@H]2CCCC(C)(C)[C@]23CC[C@@]1(C)O3. The van der Waals surface area contributed by atoms with Crippen molar-refractivity contribution in [2.75, 3.05) is 6.61 Å². The maximum Gasteiger partial charge on any atom is 0.302 e. The molecule has 0 radical (unpaired) electrons. The molecule has 0 aromatic heterocycles. The number of fused-ring (bicyclic) bond motifs is 1. The molecule has 3 aliphatic rings. The Morgan fingerprint density at radius 2 is 1.90 bits per heavy atom. The molecule has 2 aliphatic heterocycles. The van der Waals surface area contributed by atoms with Crippen molar-refractivity contribution in [3.05, 3.63) is 0 Å². The van der Waals surface area contributed by atoms with Gasteiger partial charge in [0.2, 0.25) is 0 Å². The Labute approximate surface area is 128 Å². The molecular formula is C18H30O3. The first-order valence-corrected chi connectivity index (χ1v) is 8.50. The van der Waals surface area contributed by atoms with E-state index in [0.717, 1.165) is 12.8 Å². The summed E-state index contributed by atoms with van der Waals surface area (Å²) in [5.41, 5.74) is 0.371. The lowest BCUT2D eigenvalue weighted by molar-refractivity contribution is -0.143. The van der Waals surface area contributed by atoms with Crippen LogP contribution in [0.15, 0.2) is 0 Å². The van der Waals surface area contributed by atoms with Crippen LogP contribution < -0.4 is 0 Å². The van der Waals surface area contributed by atoms with Crippen LogP contribution in [0.4, 0.5) is 0 Å². The Morgan fingerprint density at radius 1 is 1.19 bits per heavy atom. The van der Waals surface area contributed by atoms with Gasteiger partial charge in [0.1, 0.15) is 0 Å². The summed E-state index contributed by atoms with van der Waals surface area (Å²) in [4.78, 5) is 11.1. The van der Waals surface area contributed by atoms with Crippen molar-refractivity contribution in [3.63, 3.8) is 0 Å². The van der Waals surface area contributed by atoms with Crippen LogP contribution in [0.3, 0.4) is 0 Å². The van der Waals surface area contributed by atoms with Crippen LogP contribution in [0.25, 0.3) is 0 Å². The van der Waals surface area contributed by atoms with Crippen LogP contribution in [0.1, 0.15) is 73.1 Å². The third-order valence-electron chi connectivity index (χ3n) is 7.29. The summed E-state index contributed by atoms with van der Waals surface area (Å²) in [6, 6.07) is 0. The summed E-state index contributed by atoms with van der Waals surface area (Å²) >= 11 is 0. The third kappa shape index (κ3) is 1.85. The minimum Gasteiger partial charge on any atom is -0.466 e. The van der Waals surface area contributed by atoms with Crippen molar-refractivity contribution in [2.24, 2.45) is 16.7 Å². The molecule has 1 saturated carbocycles. The molecule has 0 aromatic rings. The molecule has 4 atom stereocenters. The Morgan fingerprint density at radius 3 is 2.57 bits per heavy atom. The highest BCUT2D eigenvalue weighted by atomic mass is 16.5. The first-order chi connectivity index (χ1) is 9.67. The van der Waals surface area contributed by atoms with E-state index in [-0.39, 0.29) is 28.0 Å². The second-order valence-corrected chi connectivity index (χ2v) is 8.56. The van der Waals surface area contributed by atoms with Gasteiger partial charge in [0.05, 0.1) is 17.8 Å². The summed E-state index contributed by atoms with van der Waals surface area (Å²) in [5.74, 6) is 0.426. The average molecular weight is 294 g/mol. The van der Waals surface area contributed by atoms with E-state index < -0.39 is 0 Å². The van der Waals surface area contributed by atoms with Crippen LogP contribution >= 0.6 is 0 Å². The summed E-state index contributed by atoms with van der Waals surface area (Å²) in [7, 11) is 0. The van der Waals surface area contributed by atoms with Crippen molar-refractivity contribution < 1.29 is 14.3 Å². The lowest BCUT2D eigenvalue weighted by atomic mass is 9.48. The molecule has 2 bridgehead atoms. The van der Waals surface area contributed by atoms with E-state index in [1.54, 1.807) is 0 Å². The molecule has 3 heteroatoms. The number of esters is 1. The predicted octanol–water partition coefficient (Wildman–Crippen LogP) is 4.09. The van der Waals surface area contributed by atoms with Crippen molar-refractivity contribution in [1.82, 2.24) is 0 Å². The predicted molar refractivity (Wildman–Crippen MR) is 81.9 cm³/mol. The minimum absolute atomic E-state index is 0.0466. The molecule has 3 nitrogen and oxygen atoms in total. The van der Waals surface area contributed by atoms with Gasteiger partial charge >= 0.3 is 5.97 Å². The summed E-state index contributed by atoms with van der Waals surface area (Å²) < 4.78 is 12.1. The topological polar surface area (TPSA) is 35.5 Å². The zero-order chi connectivity index (χ0) is 15.5. The number of ether oxygens (including phenoxy) is 2. The molecule has 1 spiro atoms. The molecule has 3 fully saturated rings. The van der Waals surface area contributed by atoms with E-state index in [0.29, 0.717) is 12.5 Å². The molecule has 0 N–H and O–H groups in total. The summed E-state index contributed by atoms with van der Waals surface area (Å²) in [6.07, 6.45) is 7.08. The van der Waals surface area contributed by atoms with E-state index in [2.05, 4.69) is 27.7 Å². The second kappa shape index (κ2) is 4.47. The van der Waals surface area contributed by atoms with Gasteiger partial charge in [0.15, 0.2) is 0 Å². The van der Waals surface area contributed by atoms with E-state index in [4.69, 9.17) is 9.47 Å². The van der Waals surface area contributed by atoms with Gasteiger partial charge in [-0.05, 0) is 50.4 Å². The van der Waals surface area contributed by atoms with E-state index >= 15 is 0 Å². The standard InChI is InChI=1S/C18H30O3/c1-13(19)20-12-11-16(4)14-7-6-8-15(2,3)18(14)10-9-17(16,5)21-18/h14H,6-12H2,1-5H3/t14-,16-,17+,18-/m0/s1. The van der Waals surface area contributed by atoms with Crippen LogP contribution in [-0.4, -0.2) is 23.8 Å². The third-order valence-corrected chi connectivity index (χ3v) is 7.29. The highest BCUT2D eigenvalue weighted by Gasteiger charge is 2.74. The normalized spacial score (nSPS) is 47.2. The van der Waals surface area contributed by atoms with Gasteiger partial charge < -0.3 is 9.47 Å². The van der Waals surface area contributed by atoms with Gasteiger partial charge in [-0.1, -0.05) is 27.2 Å². The fourth-order valence-electron chi connectivity index (χ4n) is 5.76. The Kier molecular flexibility index (Phi) is 3.26. The van der Waals surface area contributed by atoms with E-state index in [1.807, 2.05) is 0 Å². The van der Waals surface area contributed by atoms with Crippen molar-refractivity contribution in [3.8, 4) is 0 Å². The number of carbonyl (C=O) groups excluding carboxylic acids is 1. The molecule has 0 aromatic carbocycles. The van der Waals surface area contributed by atoms with Crippen LogP contribution in [0.2, 0.25) is 0 Å². The van der Waals surface area contributed by atoms with Crippen molar-refractivity contribution in [1.29, 1.82) is 0 Å². The largest absolute Gasteiger partial charge is 0.466 e. The van der Waals surface area contributed by atoms with Gasteiger partial charge in [0, 0.05) is 12.3 Å². The van der Waals surface area contributed by atoms with Gasteiger partial charge in [-0.3, -0.25) is 4.79 Å². The fourth-order valence-corrected chi connectivity index (χ4v) is 5.76. The van der Waals surface area contributed by atoms with Gasteiger partial charge in [0.25, 0.3) is 0 Å². The molecule has 21 heavy (non-hydrogen) atoms. The molecule has 1 aliphatic carbocycles.